The summed E-state index contributed by atoms with van der Waals surface area (Å²) in [5, 5.41) is 0.733. The van der Waals surface area contributed by atoms with Gasteiger partial charge in [0.2, 0.25) is 0 Å². The van der Waals surface area contributed by atoms with Gasteiger partial charge in [-0.1, -0.05) is 36.2 Å². The highest BCUT2D eigenvalue weighted by molar-refractivity contribution is 7.89. The number of hydrogen-bond donors (Lipinski definition) is 1. The van der Waals surface area contributed by atoms with Gasteiger partial charge in [0.15, 0.2) is 5.03 Å². The van der Waals surface area contributed by atoms with E-state index in [-0.39, 0.29) is 36.0 Å². The Labute approximate surface area is 217 Å². The van der Waals surface area contributed by atoms with Gasteiger partial charge in [-0.25, -0.2) is 18.1 Å². The summed E-state index contributed by atoms with van der Waals surface area (Å²) in [5.74, 6) is 0.705. The quantitative estimate of drug-likeness (QED) is 0.436. The lowest BCUT2D eigenvalue weighted by Crippen LogP contribution is -2.44. The molecule has 2 aliphatic rings. The van der Waals surface area contributed by atoms with E-state index in [0.717, 1.165) is 42.1 Å². The first-order valence-electron chi connectivity index (χ1n) is 11.4. The Morgan fingerprint density at radius 2 is 1.94 bits per heavy atom. The average Bonchev–Trinajstić information content (AvgIpc) is 3.25. The van der Waals surface area contributed by atoms with Crippen LogP contribution >= 0.6 is 24.0 Å². The van der Waals surface area contributed by atoms with E-state index in [2.05, 4.69) is 34.0 Å². The number of halogens is 2. The van der Waals surface area contributed by atoms with Crippen LogP contribution in [-0.2, 0) is 28.9 Å². The molecule has 0 unspecified atom stereocenters. The van der Waals surface area contributed by atoms with Crippen LogP contribution in [0.1, 0.15) is 36.0 Å². The number of imidazole rings is 1. The molecule has 2 heterocycles. The fourth-order valence-electron chi connectivity index (χ4n) is 4.77. The van der Waals surface area contributed by atoms with E-state index in [9.17, 15) is 8.42 Å². The molecule has 1 aliphatic carbocycles. The molecular formula is C25H28Cl2N4O3S. The Kier molecular flexibility index (Phi) is 7.57. The van der Waals surface area contributed by atoms with Crippen LogP contribution in [0.2, 0.25) is 5.02 Å². The third kappa shape index (κ3) is 5.11. The molecular weight excluding hydrogens is 507 g/mol. The minimum atomic E-state index is -3.66. The minimum absolute atomic E-state index is 0. The number of aryl methyl sites for hydroxylation is 1. The van der Waals surface area contributed by atoms with Crippen molar-refractivity contribution >= 4 is 39.7 Å². The van der Waals surface area contributed by atoms with Crippen LogP contribution in [0.25, 0.3) is 0 Å². The van der Waals surface area contributed by atoms with Crippen molar-refractivity contribution in [2.24, 2.45) is 12.0 Å². The molecule has 1 aromatic heterocycles. The van der Waals surface area contributed by atoms with Crippen molar-refractivity contribution in [3.8, 4) is 5.75 Å². The van der Waals surface area contributed by atoms with Crippen LogP contribution in [0.4, 0.5) is 0 Å². The van der Waals surface area contributed by atoms with Crippen molar-refractivity contribution in [2.75, 3.05) is 19.7 Å². The molecule has 2 aromatic carbocycles. The fraction of sp³-hybridized carbons (Fsp3) is 0.360. The van der Waals surface area contributed by atoms with Crippen LogP contribution in [-0.4, -0.2) is 43.4 Å². The standard InChI is InChI=1S/C25H27ClN4O3S.ClH/c1-30-16-23(28-17-30)34(31,32)29-13-14-33-21-8-3-18-9-12-27-24(22(18)15-21)25(10-2-11-25)19-4-6-20(26)7-5-19;/h3-8,15-17,29H,2,9-14H2,1H3;1H. The maximum absolute atomic E-state index is 12.3. The number of benzene rings is 2. The summed E-state index contributed by atoms with van der Waals surface area (Å²) >= 11 is 6.14. The first-order valence-corrected chi connectivity index (χ1v) is 13.3. The van der Waals surface area contributed by atoms with Gasteiger partial charge in [0.25, 0.3) is 10.0 Å². The molecule has 35 heavy (non-hydrogen) atoms. The van der Waals surface area contributed by atoms with Gasteiger partial charge in [0.05, 0.1) is 12.0 Å². The van der Waals surface area contributed by atoms with E-state index in [1.165, 1.54) is 30.1 Å². The predicted molar refractivity (Wildman–Crippen MR) is 140 cm³/mol. The zero-order chi connectivity index (χ0) is 23.8. The van der Waals surface area contributed by atoms with E-state index >= 15 is 0 Å². The summed E-state index contributed by atoms with van der Waals surface area (Å²) in [4.78, 5) is 8.90. The second-order valence-corrected chi connectivity index (χ2v) is 11.0. The third-order valence-electron chi connectivity index (χ3n) is 6.66. The molecule has 1 aliphatic heterocycles. The Balaban J connectivity index is 0.00000289. The van der Waals surface area contributed by atoms with Gasteiger partial charge in [-0.2, -0.15) is 0 Å². The van der Waals surface area contributed by atoms with Crippen LogP contribution < -0.4 is 9.46 Å². The molecule has 1 fully saturated rings. The van der Waals surface area contributed by atoms with Crippen molar-refractivity contribution < 1.29 is 13.2 Å². The summed E-state index contributed by atoms with van der Waals surface area (Å²) in [6, 6.07) is 14.2. The molecule has 1 saturated carbocycles. The number of aromatic nitrogens is 2. The molecule has 0 radical (unpaired) electrons. The number of fused-ring (bicyclic) bond motifs is 1. The van der Waals surface area contributed by atoms with E-state index < -0.39 is 10.0 Å². The lowest BCUT2D eigenvalue weighted by Gasteiger charge is -2.45. The van der Waals surface area contributed by atoms with Crippen molar-refractivity contribution in [1.29, 1.82) is 0 Å². The second-order valence-electron chi connectivity index (χ2n) is 8.87. The van der Waals surface area contributed by atoms with Gasteiger partial charge in [-0.15, -0.1) is 12.4 Å². The zero-order valence-corrected chi connectivity index (χ0v) is 21.8. The number of nitrogens with one attached hydrogen (secondary N) is 1. The molecule has 3 aromatic rings. The molecule has 0 atom stereocenters. The molecule has 0 amide bonds. The number of rotatable bonds is 8. The van der Waals surface area contributed by atoms with Crippen LogP contribution in [0.5, 0.6) is 5.75 Å². The van der Waals surface area contributed by atoms with E-state index in [0.29, 0.717) is 5.75 Å². The van der Waals surface area contributed by atoms with Crippen molar-refractivity contribution in [1.82, 2.24) is 14.3 Å². The smallest absolute Gasteiger partial charge is 0.259 e. The fourth-order valence-corrected chi connectivity index (χ4v) is 5.89. The van der Waals surface area contributed by atoms with Gasteiger partial charge in [-0.05, 0) is 54.7 Å². The Bertz CT molecular complexity index is 1330. The Morgan fingerprint density at radius 3 is 2.60 bits per heavy atom. The van der Waals surface area contributed by atoms with Gasteiger partial charge in [0.1, 0.15) is 12.4 Å². The van der Waals surface area contributed by atoms with Crippen LogP contribution in [0.3, 0.4) is 0 Å². The van der Waals surface area contributed by atoms with Crippen LogP contribution in [0.15, 0.2) is 65.0 Å². The van der Waals surface area contributed by atoms with Crippen molar-refractivity contribution in [2.45, 2.75) is 36.1 Å². The maximum atomic E-state index is 12.3. The summed E-state index contributed by atoms with van der Waals surface area (Å²) in [6.45, 7) is 1.14. The number of ether oxygens (including phenoxy) is 1. The van der Waals surface area contributed by atoms with Gasteiger partial charge < -0.3 is 9.30 Å². The molecule has 0 spiro atoms. The van der Waals surface area contributed by atoms with E-state index in [1.807, 2.05) is 18.2 Å². The average molecular weight is 535 g/mol. The van der Waals surface area contributed by atoms with Crippen molar-refractivity contribution in [3.05, 3.63) is 76.7 Å². The molecule has 0 bridgehead atoms. The van der Waals surface area contributed by atoms with Crippen LogP contribution in [0, 0.1) is 0 Å². The largest absolute Gasteiger partial charge is 0.492 e. The number of aliphatic imine (C=N–C) groups is 1. The molecule has 7 nitrogen and oxygen atoms in total. The number of nitrogens with zero attached hydrogens (tertiary/aromatic N) is 3. The Hall–Kier alpha value is -2.39. The topological polar surface area (TPSA) is 85.6 Å². The van der Waals surface area contributed by atoms with E-state index in [1.54, 1.807) is 11.6 Å². The summed E-state index contributed by atoms with van der Waals surface area (Å²) in [6.07, 6.45) is 7.12. The summed E-state index contributed by atoms with van der Waals surface area (Å²) in [5.41, 5.74) is 4.70. The summed E-state index contributed by atoms with van der Waals surface area (Å²) < 4.78 is 34.7. The van der Waals surface area contributed by atoms with Gasteiger partial charge >= 0.3 is 0 Å². The highest BCUT2D eigenvalue weighted by atomic mass is 35.5. The highest BCUT2D eigenvalue weighted by Crippen LogP contribution is 2.48. The number of sulfonamides is 1. The summed E-state index contributed by atoms with van der Waals surface area (Å²) in [7, 11) is -1.93. The monoisotopic (exact) mass is 534 g/mol. The van der Waals surface area contributed by atoms with Gasteiger partial charge in [0, 0.05) is 42.3 Å². The predicted octanol–water partition coefficient (Wildman–Crippen LogP) is 4.32. The maximum Gasteiger partial charge on any atom is 0.259 e. The molecule has 5 rings (SSSR count). The lowest BCUT2D eigenvalue weighted by atomic mass is 9.59. The van der Waals surface area contributed by atoms with Gasteiger partial charge in [-0.3, -0.25) is 4.99 Å². The normalized spacial score (nSPS) is 16.5. The van der Waals surface area contributed by atoms with Crippen molar-refractivity contribution in [3.63, 3.8) is 0 Å². The number of hydrogen-bond acceptors (Lipinski definition) is 5. The third-order valence-corrected chi connectivity index (χ3v) is 8.26. The molecule has 186 valence electrons. The minimum Gasteiger partial charge on any atom is -0.492 e. The second kappa shape index (κ2) is 10.3. The first-order chi connectivity index (χ1) is 16.4. The lowest BCUT2D eigenvalue weighted by molar-refractivity contribution is 0.322. The molecule has 1 N–H and O–H groups in total. The SMILES string of the molecule is Cl.Cn1cnc(S(=O)(=O)NCCOc2ccc3c(c2)C(C2(c4ccc(Cl)cc4)CCC2)=NCC3)c1. The first kappa shape index (κ1) is 25.7. The molecule has 10 heteroatoms. The molecule has 0 saturated heterocycles. The highest BCUT2D eigenvalue weighted by Gasteiger charge is 2.45. The Morgan fingerprint density at radius 1 is 1.17 bits per heavy atom. The zero-order valence-electron chi connectivity index (χ0n) is 19.4. The van der Waals surface area contributed by atoms with E-state index in [4.69, 9.17) is 21.3 Å².